The third-order valence-corrected chi connectivity index (χ3v) is 3.22. The van der Waals surface area contributed by atoms with Crippen molar-refractivity contribution in [3.63, 3.8) is 0 Å². The molecule has 2 N–H and O–H groups in total. The summed E-state index contributed by atoms with van der Waals surface area (Å²) in [6.45, 7) is 4.92. The van der Waals surface area contributed by atoms with Crippen molar-refractivity contribution in [1.82, 2.24) is 0 Å². The zero-order chi connectivity index (χ0) is 11.7. The van der Waals surface area contributed by atoms with Crippen molar-refractivity contribution >= 4 is 22.6 Å². The zero-order valence-electron chi connectivity index (χ0n) is 9.53. The van der Waals surface area contributed by atoms with Crippen molar-refractivity contribution < 1.29 is 4.42 Å². The summed E-state index contributed by atoms with van der Waals surface area (Å²) >= 11 is 6.10. The molecule has 0 bridgehead atoms. The molecule has 86 valence electrons. The first-order valence-electron chi connectivity index (χ1n) is 5.50. The Bertz CT molecular complexity index is 490. The molecule has 0 aliphatic rings. The lowest BCUT2D eigenvalue weighted by molar-refractivity contribution is 0.499. The number of fused-ring (bicyclic) bond motifs is 1. The Morgan fingerprint density at radius 3 is 2.75 bits per heavy atom. The van der Waals surface area contributed by atoms with Gasteiger partial charge in [-0.1, -0.05) is 25.4 Å². The van der Waals surface area contributed by atoms with Crippen molar-refractivity contribution in [2.45, 2.75) is 19.8 Å². The second kappa shape index (κ2) is 4.48. The number of nitrogens with two attached hydrogens (primary N) is 1. The van der Waals surface area contributed by atoms with Gasteiger partial charge in [0, 0.05) is 21.9 Å². The second-order valence-electron chi connectivity index (χ2n) is 4.42. The summed E-state index contributed by atoms with van der Waals surface area (Å²) in [6, 6.07) is 5.81. The van der Waals surface area contributed by atoms with Crippen LogP contribution in [0.4, 0.5) is 0 Å². The number of furan rings is 1. The molecule has 1 heterocycles. The van der Waals surface area contributed by atoms with E-state index in [9.17, 15) is 0 Å². The molecule has 2 aromatic rings. The van der Waals surface area contributed by atoms with E-state index in [0.29, 0.717) is 12.5 Å². The lowest BCUT2D eigenvalue weighted by Crippen LogP contribution is -2.18. The van der Waals surface area contributed by atoms with E-state index in [0.717, 1.165) is 21.6 Å². The monoisotopic (exact) mass is 237 g/mol. The molecule has 2 nitrogen and oxygen atoms in total. The van der Waals surface area contributed by atoms with E-state index < -0.39 is 0 Å². The highest BCUT2D eigenvalue weighted by molar-refractivity contribution is 6.31. The van der Waals surface area contributed by atoms with Gasteiger partial charge < -0.3 is 10.2 Å². The van der Waals surface area contributed by atoms with Gasteiger partial charge in [0.25, 0.3) is 0 Å². The first kappa shape index (κ1) is 11.5. The first-order chi connectivity index (χ1) is 7.63. The Hall–Kier alpha value is -0.990. The van der Waals surface area contributed by atoms with Gasteiger partial charge in [0.2, 0.25) is 0 Å². The summed E-state index contributed by atoms with van der Waals surface area (Å²) in [5, 5.41) is 1.78. The highest BCUT2D eigenvalue weighted by atomic mass is 35.5. The Morgan fingerprint density at radius 2 is 2.12 bits per heavy atom. The third-order valence-electron chi connectivity index (χ3n) is 3.00. The molecule has 0 radical (unpaired) electrons. The van der Waals surface area contributed by atoms with Crippen LogP contribution in [0.25, 0.3) is 11.0 Å². The molecule has 3 heteroatoms. The van der Waals surface area contributed by atoms with Gasteiger partial charge in [0.05, 0.1) is 6.26 Å². The van der Waals surface area contributed by atoms with Crippen molar-refractivity contribution in [2.24, 2.45) is 11.7 Å². The zero-order valence-corrected chi connectivity index (χ0v) is 10.3. The van der Waals surface area contributed by atoms with Gasteiger partial charge in [-0.05, 0) is 30.7 Å². The van der Waals surface area contributed by atoms with Crippen molar-refractivity contribution in [1.29, 1.82) is 0 Å². The van der Waals surface area contributed by atoms with E-state index in [1.165, 1.54) is 0 Å². The van der Waals surface area contributed by atoms with Crippen molar-refractivity contribution in [3.8, 4) is 0 Å². The number of hydrogen-bond donors (Lipinski definition) is 1. The maximum Gasteiger partial charge on any atom is 0.137 e. The summed E-state index contributed by atoms with van der Waals surface area (Å²) in [5.41, 5.74) is 7.86. The molecule has 2 rings (SSSR count). The molecule has 0 saturated heterocycles. The quantitative estimate of drug-likeness (QED) is 0.882. The smallest absolute Gasteiger partial charge is 0.137 e. The molecule has 0 spiro atoms. The van der Waals surface area contributed by atoms with Crippen LogP contribution in [0.2, 0.25) is 5.02 Å². The van der Waals surface area contributed by atoms with E-state index in [2.05, 4.69) is 13.8 Å². The van der Waals surface area contributed by atoms with Gasteiger partial charge in [0.15, 0.2) is 0 Å². The SMILES string of the molecule is CC(C)C(CN)c1cc(Cl)cc2ccoc12. The first-order valence-corrected chi connectivity index (χ1v) is 5.88. The predicted molar refractivity (Wildman–Crippen MR) is 67.9 cm³/mol. The van der Waals surface area contributed by atoms with Crippen LogP contribution in [0, 0.1) is 5.92 Å². The molecular weight excluding hydrogens is 222 g/mol. The van der Waals surface area contributed by atoms with E-state index in [4.69, 9.17) is 21.8 Å². The molecule has 0 saturated carbocycles. The summed E-state index contributed by atoms with van der Waals surface area (Å²) in [7, 11) is 0. The average molecular weight is 238 g/mol. The van der Waals surface area contributed by atoms with Gasteiger partial charge in [0.1, 0.15) is 5.58 Å². The van der Waals surface area contributed by atoms with Gasteiger partial charge in [-0.15, -0.1) is 0 Å². The maximum absolute atomic E-state index is 6.10. The number of benzene rings is 1. The number of halogens is 1. The Labute approximate surface area is 100 Å². The van der Waals surface area contributed by atoms with Gasteiger partial charge in [-0.2, -0.15) is 0 Å². The Morgan fingerprint density at radius 1 is 1.38 bits per heavy atom. The molecule has 16 heavy (non-hydrogen) atoms. The Balaban J connectivity index is 2.61. The van der Waals surface area contributed by atoms with Crippen LogP contribution in [-0.2, 0) is 0 Å². The van der Waals surface area contributed by atoms with E-state index in [1.807, 2.05) is 18.2 Å². The predicted octanol–water partition coefficient (Wildman–Crippen LogP) is 3.78. The molecule has 1 aromatic carbocycles. The fraction of sp³-hybridized carbons (Fsp3) is 0.385. The maximum atomic E-state index is 6.10. The minimum Gasteiger partial charge on any atom is -0.464 e. The molecule has 1 atom stereocenters. The van der Waals surface area contributed by atoms with Crippen LogP contribution < -0.4 is 5.73 Å². The number of rotatable bonds is 3. The standard InChI is InChI=1S/C13H16ClNO/c1-8(2)12(7-15)11-6-10(14)5-9-3-4-16-13(9)11/h3-6,8,12H,7,15H2,1-2H3. The molecular formula is C13H16ClNO. The van der Waals surface area contributed by atoms with Crippen LogP contribution in [0.5, 0.6) is 0 Å². The topological polar surface area (TPSA) is 39.2 Å². The molecule has 1 unspecified atom stereocenters. The normalized spacial score (nSPS) is 13.6. The molecule has 1 aromatic heterocycles. The number of hydrogen-bond acceptors (Lipinski definition) is 2. The molecule has 0 aliphatic carbocycles. The fourth-order valence-electron chi connectivity index (χ4n) is 2.11. The summed E-state index contributed by atoms with van der Waals surface area (Å²) in [4.78, 5) is 0. The molecule has 0 amide bonds. The minimum absolute atomic E-state index is 0.285. The summed E-state index contributed by atoms with van der Waals surface area (Å²) < 4.78 is 5.52. The summed E-state index contributed by atoms with van der Waals surface area (Å²) in [6.07, 6.45) is 1.69. The second-order valence-corrected chi connectivity index (χ2v) is 4.86. The Kier molecular flexibility index (Phi) is 3.22. The van der Waals surface area contributed by atoms with Crippen molar-refractivity contribution in [2.75, 3.05) is 6.54 Å². The van der Waals surface area contributed by atoms with Crippen LogP contribution >= 0.6 is 11.6 Å². The van der Waals surface area contributed by atoms with Crippen LogP contribution in [0.3, 0.4) is 0 Å². The van der Waals surface area contributed by atoms with E-state index >= 15 is 0 Å². The molecule has 0 fully saturated rings. The fourth-order valence-corrected chi connectivity index (χ4v) is 2.34. The lowest BCUT2D eigenvalue weighted by Gasteiger charge is -2.19. The third kappa shape index (κ3) is 1.95. The highest BCUT2D eigenvalue weighted by Gasteiger charge is 2.19. The van der Waals surface area contributed by atoms with Crippen molar-refractivity contribution in [3.05, 3.63) is 35.0 Å². The van der Waals surface area contributed by atoms with Crippen LogP contribution in [0.1, 0.15) is 25.3 Å². The van der Waals surface area contributed by atoms with Crippen LogP contribution in [-0.4, -0.2) is 6.54 Å². The van der Waals surface area contributed by atoms with E-state index in [-0.39, 0.29) is 5.92 Å². The van der Waals surface area contributed by atoms with Crippen LogP contribution in [0.15, 0.2) is 28.9 Å². The van der Waals surface area contributed by atoms with Gasteiger partial charge >= 0.3 is 0 Å². The minimum atomic E-state index is 0.285. The van der Waals surface area contributed by atoms with Gasteiger partial charge in [-0.25, -0.2) is 0 Å². The molecule has 0 aliphatic heterocycles. The largest absolute Gasteiger partial charge is 0.464 e. The van der Waals surface area contributed by atoms with Gasteiger partial charge in [-0.3, -0.25) is 0 Å². The highest BCUT2D eigenvalue weighted by Crippen LogP contribution is 2.33. The van der Waals surface area contributed by atoms with E-state index in [1.54, 1.807) is 6.26 Å². The average Bonchev–Trinajstić information content (AvgIpc) is 2.65. The lowest BCUT2D eigenvalue weighted by atomic mass is 9.88. The summed E-state index contributed by atoms with van der Waals surface area (Å²) in [5.74, 6) is 0.754.